The van der Waals surface area contributed by atoms with Crippen LogP contribution in [0.5, 0.6) is 0 Å². The minimum atomic E-state index is 0.668. The van der Waals surface area contributed by atoms with Gasteiger partial charge in [0.25, 0.3) is 0 Å². The van der Waals surface area contributed by atoms with Crippen LogP contribution in [0.1, 0.15) is 50.5 Å². The third kappa shape index (κ3) is 2.58. The second kappa shape index (κ2) is 5.16. The number of benzene rings is 1. The van der Waals surface area contributed by atoms with Crippen molar-refractivity contribution in [3.05, 3.63) is 35.9 Å². The van der Waals surface area contributed by atoms with Crippen LogP contribution in [0.2, 0.25) is 0 Å². The Morgan fingerprint density at radius 2 is 1.50 bits per heavy atom. The summed E-state index contributed by atoms with van der Waals surface area (Å²) in [4.78, 5) is 0.668. The summed E-state index contributed by atoms with van der Waals surface area (Å²) in [6, 6.07) is 11.0. The van der Waals surface area contributed by atoms with Crippen LogP contribution in [0.25, 0.3) is 0 Å². The van der Waals surface area contributed by atoms with E-state index in [2.05, 4.69) is 46.3 Å². The molecule has 0 amide bonds. The molecular formula is C19H25Br. The summed E-state index contributed by atoms with van der Waals surface area (Å²) < 4.78 is 0. The molecule has 5 rings (SSSR count). The standard InChI is InChI=1S/C19H25Br/c20-18(9-14-4-2-1-3-5-14)13-19-10-15-6-16(11-19)8-17(7-15)12-19/h1-5,15-18H,6-13H2. The Morgan fingerprint density at radius 3 is 2.05 bits per heavy atom. The van der Waals surface area contributed by atoms with Gasteiger partial charge in [-0.25, -0.2) is 0 Å². The zero-order valence-electron chi connectivity index (χ0n) is 12.2. The number of hydrogen-bond donors (Lipinski definition) is 0. The quantitative estimate of drug-likeness (QED) is 0.629. The Bertz CT molecular complexity index is 429. The average Bonchev–Trinajstić information content (AvgIpc) is 2.37. The van der Waals surface area contributed by atoms with Crippen molar-refractivity contribution in [1.29, 1.82) is 0 Å². The molecule has 4 aliphatic rings. The SMILES string of the molecule is BrC(Cc1ccccc1)CC12CC3CC(CC(C3)C1)C2. The topological polar surface area (TPSA) is 0 Å². The van der Waals surface area contributed by atoms with Crippen LogP contribution < -0.4 is 0 Å². The van der Waals surface area contributed by atoms with Crippen LogP contribution in [0.15, 0.2) is 30.3 Å². The summed E-state index contributed by atoms with van der Waals surface area (Å²) in [6.07, 6.45) is 11.9. The Hall–Kier alpha value is -0.300. The van der Waals surface area contributed by atoms with E-state index in [4.69, 9.17) is 0 Å². The molecule has 0 spiro atoms. The van der Waals surface area contributed by atoms with Crippen LogP contribution in [0, 0.1) is 23.2 Å². The highest BCUT2D eigenvalue weighted by atomic mass is 79.9. The van der Waals surface area contributed by atoms with Crippen LogP contribution in [-0.4, -0.2) is 4.83 Å². The molecule has 0 N–H and O–H groups in total. The van der Waals surface area contributed by atoms with Crippen molar-refractivity contribution in [2.75, 3.05) is 0 Å². The molecule has 4 fully saturated rings. The van der Waals surface area contributed by atoms with Gasteiger partial charge in [-0.2, -0.15) is 0 Å². The fourth-order valence-electron chi connectivity index (χ4n) is 5.95. The molecule has 1 unspecified atom stereocenters. The number of halogens is 1. The van der Waals surface area contributed by atoms with Gasteiger partial charge in [-0.1, -0.05) is 46.3 Å². The largest absolute Gasteiger partial charge is 0.0887 e. The maximum absolute atomic E-state index is 4.00. The molecule has 0 saturated heterocycles. The molecule has 1 atom stereocenters. The number of alkyl halides is 1. The Labute approximate surface area is 131 Å². The smallest absolute Gasteiger partial charge is 0.0191 e. The van der Waals surface area contributed by atoms with Gasteiger partial charge in [-0.3, -0.25) is 0 Å². The number of rotatable bonds is 4. The van der Waals surface area contributed by atoms with Gasteiger partial charge in [0.15, 0.2) is 0 Å². The summed E-state index contributed by atoms with van der Waals surface area (Å²) in [6.45, 7) is 0. The molecule has 20 heavy (non-hydrogen) atoms. The molecule has 0 aromatic heterocycles. The molecule has 4 saturated carbocycles. The second-order valence-electron chi connectivity index (χ2n) is 7.91. The maximum Gasteiger partial charge on any atom is 0.0191 e. The average molecular weight is 333 g/mol. The van der Waals surface area contributed by atoms with E-state index >= 15 is 0 Å². The summed E-state index contributed by atoms with van der Waals surface area (Å²) in [5.74, 6) is 3.24. The van der Waals surface area contributed by atoms with Crippen LogP contribution in [0.3, 0.4) is 0 Å². The van der Waals surface area contributed by atoms with Gasteiger partial charge in [0.2, 0.25) is 0 Å². The van der Waals surface area contributed by atoms with Crippen LogP contribution in [0.4, 0.5) is 0 Å². The predicted octanol–water partition coefficient (Wildman–Crippen LogP) is 5.60. The van der Waals surface area contributed by atoms with Gasteiger partial charge >= 0.3 is 0 Å². The van der Waals surface area contributed by atoms with E-state index in [0.29, 0.717) is 10.2 Å². The fourth-order valence-corrected chi connectivity index (χ4v) is 7.01. The van der Waals surface area contributed by atoms with Crippen molar-refractivity contribution in [2.45, 2.75) is 56.2 Å². The first-order chi connectivity index (χ1) is 9.71. The van der Waals surface area contributed by atoms with Gasteiger partial charge in [0.05, 0.1) is 0 Å². The molecule has 4 bridgehead atoms. The van der Waals surface area contributed by atoms with Crippen molar-refractivity contribution in [3.8, 4) is 0 Å². The van der Waals surface area contributed by atoms with Crippen LogP contribution in [-0.2, 0) is 6.42 Å². The van der Waals surface area contributed by atoms with Gasteiger partial charge in [0, 0.05) is 4.83 Å². The first kappa shape index (κ1) is 13.4. The lowest BCUT2D eigenvalue weighted by Gasteiger charge is -2.57. The molecule has 0 aliphatic heterocycles. The molecule has 4 aliphatic carbocycles. The lowest BCUT2D eigenvalue weighted by molar-refractivity contribution is -0.0569. The van der Waals surface area contributed by atoms with Crippen molar-refractivity contribution in [3.63, 3.8) is 0 Å². The molecular weight excluding hydrogens is 308 g/mol. The minimum Gasteiger partial charge on any atom is -0.0887 e. The van der Waals surface area contributed by atoms with Crippen molar-refractivity contribution < 1.29 is 0 Å². The minimum absolute atomic E-state index is 0.668. The molecule has 0 heterocycles. The van der Waals surface area contributed by atoms with Crippen molar-refractivity contribution in [1.82, 2.24) is 0 Å². The van der Waals surface area contributed by atoms with Gasteiger partial charge in [0.1, 0.15) is 0 Å². The highest BCUT2D eigenvalue weighted by Gasteiger charge is 2.50. The Kier molecular flexibility index (Phi) is 3.45. The first-order valence-electron chi connectivity index (χ1n) is 8.39. The summed E-state index contributed by atoms with van der Waals surface area (Å²) in [5.41, 5.74) is 2.19. The van der Waals surface area contributed by atoms with Gasteiger partial charge in [-0.05, 0) is 80.1 Å². The zero-order valence-corrected chi connectivity index (χ0v) is 13.8. The van der Waals surface area contributed by atoms with E-state index in [0.717, 1.165) is 17.8 Å². The van der Waals surface area contributed by atoms with E-state index in [1.807, 2.05) is 0 Å². The Morgan fingerprint density at radius 1 is 0.950 bits per heavy atom. The third-order valence-electron chi connectivity index (χ3n) is 6.12. The molecule has 108 valence electrons. The lowest BCUT2D eigenvalue weighted by atomic mass is 9.48. The van der Waals surface area contributed by atoms with Crippen LogP contribution >= 0.6 is 15.9 Å². The van der Waals surface area contributed by atoms with E-state index in [9.17, 15) is 0 Å². The van der Waals surface area contributed by atoms with E-state index in [1.54, 1.807) is 19.3 Å². The third-order valence-corrected chi connectivity index (χ3v) is 6.77. The summed E-state index contributed by atoms with van der Waals surface area (Å²) in [5, 5.41) is 0. The Balaban J connectivity index is 1.43. The first-order valence-corrected chi connectivity index (χ1v) is 9.30. The molecule has 1 aromatic carbocycles. The van der Waals surface area contributed by atoms with E-state index in [1.165, 1.54) is 37.7 Å². The highest BCUT2D eigenvalue weighted by Crippen LogP contribution is 2.62. The van der Waals surface area contributed by atoms with Crippen molar-refractivity contribution >= 4 is 15.9 Å². The fraction of sp³-hybridized carbons (Fsp3) is 0.684. The zero-order chi connectivity index (χ0) is 13.6. The second-order valence-corrected chi connectivity index (χ2v) is 9.20. The lowest BCUT2D eigenvalue weighted by Crippen LogP contribution is -2.47. The van der Waals surface area contributed by atoms with E-state index in [-0.39, 0.29) is 0 Å². The molecule has 0 radical (unpaired) electrons. The van der Waals surface area contributed by atoms with E-state index < -0.39 is 0 Å². The monoisotopic (exact) mass is 332 g/mol. The molecule has 1 aromatic rings. The maximum atomic E-state index is 4.00. The normalized spacial score (nSPS) is 40.0. The molecule has 1 heteroatoms. The van der Waals surface area contributed by atoms with Crippen molar-refractivity contribution in [2.24, 2.45) is 23.2 Å². The predicted molar refractivity (Wildman–Crippen MR) is 88.1 cm³/mol. The summed E-state index contributed by atoms with van der Waals surface area (Å²) >= 11 is 4.00. The highest BCUT2D eigenvalue weighted by molar-refractivity contribution is 9.09. The molecule has 0 nitrogen and oxygen atoms in total. The number of hydrogen-bond acceptors (Lipinski definition) is 0. The van der Waals surface area contributed by atoms with Gasteiger partial charge < -0.3 is 0 Å². The van der Waals surface area contributed by atoms with Gasteiger partial charge in [-0.15, -0.1) is 0 Å². The summed E-state index contributed by atoms with van der Waals surface area (Å²) in [7, 11) is 0.